The van der Waals surface area contributed by atoms with Crippen molar-refractivity contribution < 1.29 is 18.3 Å². The summed E-state index contributed by atoms with van der Waals surface area (Å²) in [6.45, 7) is 4.78. The summed E-state index contributed by atoms with van der Waals surface area (Å²) in [5.41, 5.74) is 7.35. The van der Waals surface area contributed by atoms with Gasteiger partial charge >= 0.3 is 0 Å². The Labute approximate surface area is 176 Å². The third kappa shape index (κ3) is 4.45. The van der Waals surface area contributed by atoms with Crippen LogP contribution < -0.4 is 16.0 Å². The normalized spacial score (nSPS) is 16.4. The van der Waals surface area contributed by atoms with Crippen molar-refractivity contribution in [2.24, 2.45) is 5.73 Å². The number of ether oxygens (including phenoxy) is 1. The molecule has 1 amide bonds. The summed E-state index contributed by atoms with van der Waals surface area (Å²) in [6, 6.07) is 7.06. The Morgan fingerprint density at radius 1 is 1.16 bits per heavy atom. The molecule has 0 bridgehead atoms. The molecule has 1 saturated heterocycles. The summed E-state index contributed by atoms with van der Waals surface area (Å²) in [5, 5.41) is 7.36. The quantitative estimate of drug-likeness (QED) is 0.638. The molecule has 9 nitrogen and oxygen atoms in total. The number of anilines is 3. The van der Waals surface area contributed by atoms with Crippen LogP contribution in [0.1, 0.15) is 11.4 Å². The highest BCUT2D eigenvalue weighted by atomic mass is 19.2. The highest BCUT2D eigenvalue weighted by molar-refractivity contribution is 5.79. The SMILES string of the molecule is Cc1cc(C)n(-c2cc(N3CCO[C@H](C(N)=O)C3)nc(Nc3ccc(F)c(F)c3)n2)n1. The fourth-order valence-electron chi connectivity index (χ4n) is 3.34. The molecule has 1 aliphatic rings. The molecule has 3 aromatic rings. The van der Waals surface area contributed by atoms with Gasteiger partial charge in [0, 0.05) is 30.1 Å². The minimum atomic E-state index is -0.989. The fraction of sp³-hybridized carbons (Fsp3) is 0.300. The summed E-state index contributed by atoms with van der Waals surface area (Å²) >= 11 is 0. The number of hydrogen-bond donors (Lipinski definition) is 2. The number of amides is 1. The van der Waals surface area contributed by atoms with E-state index in [2.05, 4.69) is 20.4 Å². The number of morpholine rings is 1. The van der Waals surface area contributed by atoms with Crippen molar-refractivity contribution in [3.63, 3.8) is 0 Å². The Morgan fingerprint density at radius 2 is 1.94 bits per heavy atom. The molecule has 11 heteroatoms. The van der Waals surface area contributed by atoms with Crippen LogP contribution in [-0.4, -0.2) is 51.5 Å². The van der Waals surface area contributed by atoms with Crippen LogP contribution in [0.4, 0.5) is 26.2 Å². The Balaban J connectivity index is 1.74. The first kappa shape index (κ1) is 20.7. The molecule has 3 N–H and O–H groups in total. The number of nitrogens with two attached hydrogens (primary N) is 1. The van der Waals surface area contributed by atoms with Gasteiger partial charge in [0.15, 0.2) is 23.6 Å². The number of aromatic nitrogens is 4. The molecule has 31 heavy (non-hydrogen) atoms. The average molecular weight is 429 g/mol. The molecular weight excluding hydrogens is 408 g/mol. The number of carbonyl (C=O) groups is 1. The van der Waals surface area contributed by atoms with Crippen LogP contribution in [0.25, 0.3) is 5.82 Å². The number of aryl methyl sites for hydroxylation is 2. The lowest BCUT2D eigenvalue weighted by molar-refractivity contribution is -0.130. The van der Waals surface area contributed by atoms with Crippen LogP contribution in [0.3, 0.4) is 0 Å². The van der Waals surface area contributed by atoms with E-state index in [0.717, 1.165) is 23.5 Å². The summed E-state index contributed by atoms with van der Waals surface area (Å²) in [5.74, 6) is -1.35. The Kier molecular flexibility index (Phi) is 5.51. The molecule has 0 spiro atoms. The first-order valence-electron chi connectivity index (χ1n) is 9.61. The second-order valence-corrected chi connectivity index (χ2v) is 7.21. The molecule has 1 fully saturated rings. The van der Waals surface area contributed by atoms with Gasteiger partial charge in [0.05, 0.1) is 18.8 Å². The number of hydrogen-bond acceptors (Lipinski definition) is 7. The monoisotopic (exact) mass is 429 g/mol. The molecular formula is C20H21F2N7O2. The van der Waals surface area contributed by atoms with E-state index in [-0.39, 0.29) is 18.2 Å². The molecule has 0 aliphatic carbocycles. The molecule has 1 aromatic carbocycles. The summed E-state index contributed by atoms with van der Waals surface area (Å²) in [7, 11) is 0. The minimum absolute atomic E-state index is 0.160. The third-order valence-electron chi connectivity index (χ3n) is 4.81. The van der Waals surface area contributed by atoms with E-state index in [0.29, 0.717) is 24.8 Å². The van der Waals surface area contributed by atoms with Gasteiger partial charge in [0.1, 0.15) is 5.82 Å². The minimum Gasteiger partial charge on any atom is -0.367 e. The zero-order valence-electron chi connectivity index (χ0n) is 17.0. The van der Waals surface area contributed by atoms with Gasteiger partial charge in [-0.15, -0.1) is 0 Å². The van der Waals surface area contributed by atoms with Gasteiger partial charge in [0.25, 0.3) is 0 Å². The topological polar surface area (TPSA) is 111 Å². The van der Waals surface area contributed by atoms with E-state index >= 15 is 0 Å². The fourth-order valence-corrected chi connectivity index (χ4v) is 3.34. The molecule has 4 rings (SSSR count). The van der Waals surface area contributed by atoms with E-state index in [4.69, 9.17) is 10.5 Å². The van der Waals surface area contributed by atoms with Gasteiger partial charge in [-0.1, -0.05) is 0 Å². The lowest BCUT2D eigenvalue weighted by Gasteiger charge is -2.32. The highest BCUT2D eigenvalue weighted by Crippen LogP contribution is 2.24. The first-order valence-corrected chi connectivity index (χ1v) is 9.61. The largest absolute Gasteiger partial charge is 0.367 e. The second-order valence-electron chi connectivity index (χ2n) is 7.21. The summed E-state index contributed by atoms with van der Waals surface area (Å²) < 4.78 is 34.0. The lowest BCUT2D eigenvalue weighted by atomic mass is 10.2. The number of nitrogens with zero attached hydrogens (tertiary/aromatic N) is 5. The Morgan fingerprint density at radius 3 is 2.61 bits per heavy atom. The number of carbonyl (C=O) groups excluding carboxylic acids is 1. The number of benzene rings is 1. The first-order chi connectivity index (χ1) is 14.8. The summed E-state index contributed by atoms with van der Waals surface area (Å²) in [4.78, 5) is 22.4. The van der Waals surface area contributed by atoms with E-state index in [1.807, 2.05) is 24.8 Å². The molecule has 0 unspecified atom stereocenters. The number of nitrogens with one attached hydrogen (secondary N) is 1. The van der Waals surface area contributed by atoms with Crippen LogP contribution in [0.5, 0.6) is 0 Å². The maximum absolute atomic E-state index is 13.6. The van der Waals surface area contributed by atoms with Crippen molar-refractivity contribution in [2.75, 3.05) is 29.9 Å². The third-order valence-corrected chi connectivity index (χ3v) is 4.81. The van der Waals surface area contributed by atoms with E-state index < -0.39 is 23.6 Å². The van der Waals surface area contributed by atoms with Crippen LogP contribution >= 0.6 is 0 Å². The zero-order chi connectivity index (χ0) is 22.1. The molecule has 3 heterocycles. The van der Waals surface area contributed by atoms with Crippen LogP contribution in [0.2, 0.25) is 0 Å². The predicted molar refractivity (Wildman–Crippen MR) is 109 cm³/mol. The van der Waals surface area contributed by atoms with Crippen LogP contribution in [0, 0.1) is 25.5 Å². The van der Waals surface area contributed by atoms with Crippen molar-refractivity contribution in [3.8, 4) is 5.82 Å². The van der Waals surface area contributed by atoms with Crippen molar-refractivity contribution in [1.29, 1.82) is 0 Å². The van der Waals surface area contributed by atoms with Gasteiger partial charge in [-0.25, -0.2) is 13.5 Å². The zero-order valence-corrected chi connectivity index (χ0v) is 17.0. The smallest absolute Gasteiger partial charge is 0.248 e. The molecule has 0 saturated carbocycles. The molecule has 2 aromatic heterocycles. The van der Waals surface area contributed by atoms with E-state index in [1.54, 1.807) is 10.7 Å². The predicted octanol–water partition coefficient (Wildman–Crippen LogP) is 1.99. The average Bonchev–Trinajstić information content (AvgIpc) is 3.08. The van der Waals surface area contributed by atoms with Gasteiger partial charge < -0.3 is 20.7 Å². The summed E-state index contributed by atoms with van der Waals surface area (Å²) in [6.07, 6.45) is -0.761. The molecule has 1 aliphatic heterocycles. The van der Waals surface area contributed by atoms with Gasteiger partial charge in [-0.3, -0.25) is 4.79 Å². The van der Waals surface area contributed by atoms with Crippen molar-refractivity contribution in [1.82, 2.24) is 19.7 Å². The standard InChI is InChI=1S/C20H21F2N7O2/c1-11-7-12(2)29(27-11)18-9-17(28-5-6-31-16(10-28)19(23)30)25-20(26-18)24-13-3-4-14(21)15(22)8-13/h3-4,7-9,16H,5-6,10H2,1-2H3,(H2,23,30)(H,24,25,26)/t16-/m0/s1. The van der Waals surface area contributed by atoms with Gasteiger partial charge in [0.2, 0.25) is 11.9 Å². The Bertz CT molecular complexity index is 1130. The molecule has 1 atom stereocenters. The van der Waals surface area contributed by atoms with E-state index in [9.17, 15) is 13.6 Å². The maximum atomic E-state index is 13.6. The Hall–Kier alpha value is -3.60. The van der Waals surface area contributed by atoms with Crippen LogP contribution in [0.15, 0.2) is 30.3 Å². The van der Waals surface area contributed by atoms with Gasteiger partial charge in [-0.2, -0.15) is 15.1 Å². The molecule has 162 valence electrons. The number of halogens is 2. The highest BCUT2D eigenvalue weighted by Gasteiger charge is 2.26. The maximum Gasteiger partial charge on any atom is 0.248 e. The number of primary amides is 1. The van der Waals surface area contributed by atoms with Gasteiger partial charge in [-0.05, 0) is 32.0 Å². The molecule has 0 radical (unpaired) electrons. The lowest BCUT2D eigenvalue weighted by Crippen LogP contribution is -2.48. The van der Waals surface area contributed by atoms with Crippen LogP contribution in [-0.2, 0) is 9.53 Å². The van der Waals surface area contributed by atoms with E-state index in [1.165, 1.54) is 6.07 Å². The number of rotatable bonds is 5. The van der Waals surface area contributed by atoms with Crippen molar-refractivity contribution in [3.05, 3.63) is 53.4 Å². The van der Waals surface area contributed by atoms with Crippen molar-refractivity contribution in [2.45, 2.75) is 20.0 Å². The second kappa shape index (κ2) is 8.26. The van der Waals surface area contributed by atoms with Crippen molar-refractivity contribution >= 4 is 23.4 Å².